The Morgan fingerprint density at radius 3 is 2.42 bits per heavy atom. The quantitative estimate of drug-likeness (QED) is 0.722. The van der Waals surface area contributed by atoms with Gasteiger partial charge in [-0.15, -0.1) is 11.3 Å². The van der Waals surface area contributed by atoms with E-state index < -0.39 is 0 Å². The third-order valence-corrected chi connectivity index (χ3v) is 6.74. The van der Waals surface area contributed by atoms with Crippen LogP contribution in [0.5, 0.6) is 0 Å². The van der Waals surface area contributed by atoms with E-state index >= 15 is 0 Å². The number of nitrogens with one attached hydrogen (secondary N) is 1. The highest BCUT2D eigenvalue weighted by atomic mass is 79.9. The van der Waals surface area contributed by atoms with E-state index in [1.807, 2.05) is 7.05 Å². The number of hydrogen-bond acceptors (Lipinski definition) is 2. The Morgan fingerprint density at radius 1 is 1.16 bits per heavy atom. The second kappa shape index (κ2) is 6.53. The van der Waals surface area contributed by atoms with Crippen LogP contribution in [0.25, 0.3) is 0 Å². The first-order valence-corrected chi connectivity index (χ1v) is 8.59. The van der Waals surface area contributed by atoms with Gasteiger partial charge in [-0.2, -0.15) is 0 Å². The maximum Gasteiger partial charge on any atom is 0.0843 e. The number of halogens is 2. The summed E-state index contributed by atoms with van der Waals surface area (Å²) in [7, 11) is 2.02. The first-order chi connectivity index (χ1) is 9.01. The molecule has 1 heterocycles. The third kappa shape index (κ3) is 3.69. The summed E-state index contributed by atoms with van der Waals surface area (Å²) in [5.41, 5.74) is 4.09. The van der Waals surface area contributed by atoms with Gasteiger partial charge in [-0.3, -0.25) is 0 Å². The molecule has 0 saturated carbocycles. The summed E-state index contributed by atoms with van der Waals surface area (Å²) < 4.78 is 2.29. The number of likely N-dealkylation sites (N-methyl/N-ethyl adjacent to an activating group) is 1. The fourth-order valence-corrected chi connectivity index (χ4v) is 4.25. The molecule has 4 heteroatoms. The van der Waals surface area contributed by atoms with Crippen molar-refractivity contribution < 1.29 is 0 Å². The molecule has 2 aromatic rings. The van der Waals surface area contributed by atoms with E-state index in [0.717, 1.165) is 14.7 Å². The van der Waals surface area contributed by atoms with E-state index in [2.05, 4.69) is 75.3 Å². The normalized spacial score (nSPS) is 12.7. The van der Waals surface area contributed by atoms with Gasteiger partial charge in [0.1, 0.15) is 0 Å². The van der Waals surface area contributed by atoms with Crippen LogP contribution in [-0.4, -0.2) is 7.05 Å². The van der Waals surface area contributed by atoms with Crippen LogP contribution in [0.2, 0.25) is 0 Å². The molecule has 1 atom stereocenters. The molecule has 0 aliphatic carbocycles. The van der Waals surface area contributed by atoms with Crippen LogP contribution in [-0.2, 0) is 6.42 Å². The largest absolute Gasteiger partial charge is 0.312 e. The molecule has 1 nitrogen and oxygen atoms in total. The maximum atomic E-state index is 3.56. The van der Waals surface area contributed by atoms with Gasteiger partial charge in [-0.25, -0.2) is 0 Å². The highest BCUT2D eigenvalue weighted by Gasteiger charge is 2.15. The van der Waals surface area contributed by atoms with Gasteiger partial charge >= 0.3 is 0 Å². The van der Waals surface area contributed by atoms with Crippen LogP contribution >= 0.6 is 43.2 Å². The van der Waals surface area contributed by atoms with Crippen molar-refractivity contribution in [2.24, 2.45) is 0 Å². The van der Waals surface area contributed by atoms with Gasteiger partial charge in [-0.1, -0.05) is 18.2 Å². The minimum atomic E-state index is 0.356. The van der Waals surface area contributed by atoms with Crippen molar-refractivity contribution in [1.82, 2.24) is 5.32 Å². The van der Waals surface area contributed by atoms with Gasteiger partial charge in [0, 0.05) is 15.4 Å². The van der Waals surface area contributed by atoms with Crippen LogP contribution in [0.1, 0.15) is 27.6 Å². The lowest BCUT2D eigenvalue weighted by Gasteiger charge is -2.15. The molecule has 0 aliphatic rings. The molecule has 1 unspecified atom stereocenters. The van der Waals surface area contributed by atoms with Gasteiger partial charge < -0.3 is 5.32 Å². The molecule has 0 amide bonds. The zero-order chi connectivity index (χ0) is 14.0. The number of aryl methyl sites for hydroxylation is 2. The molecule has 2 rings (SSSR count). The van der Waals surface area contributed by atoms with Gasteiger partial charge in [0.05, 0.1) is 3.79 Å². The molecule has 0 spiro atoms. The fraction of sp³-hybridized carbons (Fsp3) is 0.333. The van der Waals surface area contributed by atoms with Crippen LogP contribution in [0.3, 0.4) is 0 Å². The molecule has 0 radical (unpaired) electrons. The zero-order valence-corrected chi connectivity index (χ0v) is 15.2. The summed E-state index contributed by atoms with van der Waals surface area (Å²) in [6, 6.07) is 9.27. The Bertz CT molecular complexity index is 558. The first kappa shape index (κ1) is 15.2. The van der Waals surface area contributed by atoms with Crippen molar-refractivity contribution in [3.8, 4) is 0 Å². The average molecular weight is 403 g/mol. The van der Waals surface area contributed by atoms with Crippen LogP contribution in [0.15, 0.2) is 32.5 Å². The third-order valence-electron chi connectivity index (χ3n) is 3.37. The van der Waals surface area contributed by atoms with Gasteiger partial charge in [0.15, 0.2) is 0 Å². The summed E-state index contributed by atoms with van der Waals surface area (Å²) >= 11 is 8.90. The topological polar surface area (TPSA) is 12.0 Å². The first-order valence-electron chi connectivity index (χ1n) is 6.19. The minimum absolute atomic E-state index is 0.356. The Kier molecular flexibility index (Phi) is 5.23. The van der Waals surface area contributed by atoms with Crippen LogP contribution in [0, 0.1) is 13.8 Å². The van der Waals surface area contributed by atoms with E-state index in [-0.39, 0.29) is 0 Å². The number of rotatable bonds is 4. The molecule has 1 aromatic heterocycles. The number of hydrogen-bond donors (Lipinski definition) is 1. The van der Waals surface area contributed by atoms with E-state index in [1.165, 1.54) is 21.6 Å². The molecule has 19 heavy (non-hydrogen) atoms. The Morgan fingerprint density at radius 2 is 1.89 bits per heavy atom. The summed E-state index contributed by atoms with van der Waals surface area (Å²) in [5.74, 6) is 0. The lowest BCUT2D eigenvalue weighted by atomic mass is 10.0. The molecular formula is C15H17Br2NS. The minimum Gasteiger partial charge on any atom is -0.312 e. The monoisotopic (exact) mass is 401 g/mol. The van der Waals surface area contributed by atoms with Gasteiger partial charge in [0.25, 0.3) is 0 Å². The SMILES string of the molecule is CNC(Cc1ccc(C)c(C)c1)c1cc(Br)c(Br)s1. The molecule has 1 N–H and O–H groups in total. The second-order valence-corrected chi connectivity index (χ2v) is 7.99. The van der Waals surface area contributed by atoms with Gasteiger partial charge in [-0.05, 0) is 81.9 Å². The molecule has 1 aromatic carbocycles. The number of benzene rings is 1. The summed E-state index contributed by atoms with van der Waals surface area (Å²) in [6.07, 6.45) is 1.01. The molecular weight excluding hydrogens is 386 g/mol. The standard InChI is InChI=1S/C15H17Br2NS/c1-9-4-5-11(6-10(9)2)7-13(18-3)14-8-12(16)15(17)19-14/h4-6,8,13,18H,7H2,1-3H3. The summed E-state index contributed by atoms with van der Waals surface area (Å²) in [6.45, 7) is 4.33. The lowest BCUT2D eigenvalue weighted by molar-refractivity contribution is 0.602. The second-order valence-electron chi connectivity index (χ2n) is 4.73. The highest BCUT2D eigenvalue weighted by molar-refractivity contribution is 9.13. The Hall–Kier alpha value is -0.160. The average Bonchev–Trinajstić information content (AvgIpc) is 2.71. The molecule has 0 fully saturated rings. The Balaban J connectivity index is 2.21. The van der Waals surface area contributed by atoms with Gasteiger partial charge in [0.2, 0.25) is 0 Å². The zero-order valence-electron chi connectivity index (χ0n) is 11.3. The lowest BCUT2D eigenvalue weighted by Crippen LogP contribution is -2.17. The Labute approximate surface area is 135 Å². The fourth-order valence-electron chi connectivity index (χ4n) is 2.05. The highest BCUT2D eigenvalue weighted by Crippen LogP contribution is 2.36. The number of thiophene rings is 1. The smallest absolute Gasteiger partial charge is 0.0843 e. The molecule has 0 bridgehead atoms. The predicted octanol–water partition coefficient (Wildman–Crippen LogP) is 5.39. The molecule has 0 aliphatic heterocycles. The van der Waals surface area contributed by atoms with Crippen LogP contribution in [0.4, 0.5) is 0 Å². The van der Waals surface area contributed by atoms with E-state index in [4.69, 9.17) is 0 Å². The summed E-state index contributed by atoms with van der Waals surface area (Å²) in [4.78, 5) is 1.35. The van der Waals surface area contributed by atoms with Crippen molar-refractivity contribution in [2.75, 3.05) is 7.05 Å². The van der Waals surface area contributed by atoms with Crippen molar-refractivity contribution in [3.63, 3.8) is 0 Å². The van der Waals surface area contributed by atoms with Crippen molar-refractivity contribution in [3.05, 3.63) is 54.1 Å². The van der Waals surface area contributed by atoms with Crippen molar-refractivity contribution in [1.29, 1.82) is 0 Å². The predicted molar refractivity (Wildman–Crippen MR) is 91.1 cm³/mol. The van der Waals surface area contributed by atoms with E-state index in [1.54, 1.807) is 11.3 Å². The maximum absolute atomic E-state index is 3.56. The summed E-state index contributed by atoms with van der Waals surface area (Å²) in [5, 5.41) is 3.41. The van der Waals surface area contributed by atoms with Crippen molar-refractivity contribution >= 4 is 43.2 Å². The van der Waals surface area contributed by atoms with Crippen LogP contribution < -0.4 is 5.32 Å². The molecule has 102 valence electrons. The van der Waals surface area contributed by atoms with E-state index in [9.17, 15) is 0 Å². The molecule has 0 saturated heterocycles. The van der Waals surface area contributed by atoms with E-state index in [0.29, 0.717) is 6.04 Å². The van der Waals surface area contributed by atoms with Crippen molar-refractivity contribution in [2.45, 2.75) is 26.3 Å².